The van der Waals surface area contributed by atoms with Crippen LogP contribution in [0.5, 0.6) is 0 Å². The number of rotatable bonds is 7. The number of hydrogen-bond donors (Lipinski definition) is 1. The topological polar surface area (TPSA) is 0 Å². The Morgan fingerprint density at radius 2 is 1.40 bits per heavy atom. The summed E-state index contributed by atoms with van der Waals surface area (Å²) in [5.41, 5.74) is -5.24. The van der Waals surface area contributed by atoms with Crippen LogP contribution in [0.4, 0.5) is 35.1 Å². The number of hydrogen-bond acceptors (Lipinski definition) is 1. The summed E-state index contributed by atoms with van der Waals surface area (Å²) < 4.78 is 99.8. The van der Waals surface area contributed by atoms with Crippen molar-refractivity contribution in [2.24, 2.45) is 5.92 Å². The molecule has 3 atom stereocenters. The molecule has 122 valence electrons. The van der Waals surface area contributed by atoms with Crippen LogP contribution < -0.4 is 0 Å². The highest BCUT2D eigenvalue weighted by Gasteiger charge is 2.51. The highest BCUT2D eigenvalue weighted by molar-refractivity contribution is 7.80. The standard InChI is InChI=1S/C11H16F8S/c1-9(13,11(17,18)19)6-2-3-7(10(14,15)16)4-5-8(12)20/h7-8,20H,2-6H2,1H3. The summed E-state index contributed by atoms with van der Waals surface area (Å²) in [7, 11) is 0. The maximum atomic E-state index is 13.2. The van der Waals surface area contributed by atoms with Crippen LogP contribution in [0.3, 0.4) is 0 Å². The van der Waals surface area contributed by atoms with Gasteiger partial charge in [-0.2, -0.15) is 26.3 Å². The first kappa shape index (κ1) is 19.8. The molecular weight excluding hydrogens is 316 g/mol. The van der Waals surface area contributed by atoms with Gasteiger partial charge in [0.15, 0.2) is 0 Å². The molecule has 0 radical (unpaired) electrons. The molecule has 0 aromatic heterocycles. The summed E-state index contributed by atoms with van der Waals surface area (Å²) in [5.74, 6) is -1.95. The third-order valence-corrected chi connectivity index (χ3v) is 3.26. The van der Waals surface area contributed by atoms with Gasteiger partial charge in [-0.05, 0) is 39.0 Å². The summed E-state index contributed by atoms with van der Waals surface area (Å²) in [4.78, 5) is 0. The lowest BCUT2D eigenvalue weighted by Crippen LogP contribution is -2.37. The molecular formula is C11H16F8S. The van der Waals surface area contributed by atoms with Crippen LogP contribution in [0, 0.1) is 5.92 Å². The zero-order valence-corrected chi connectivity index (χ0v) is 11.6. The summed E-state index contributed by atoms with van der Waals surface area (Å²) in [6.07, 6.45) is -13.1. The lowest BCUT2D eigenvalue weighted by atomic mass is 9.92. The van der Waals surface area contributed by atoms with Crippen LogP contribution in [-0.4, -0.2) is 23.5 Å². The molecule has 0 N–H and O–H groups in total. The maximum Gasteiger partial charge on any atom is 0.422 e. The lowest BCUT2D eigenvalue weighted by Gasteiger charge is -2.25. The molecule has 0 aromatic carbocycles. The zero-order valence-electron chi connectivity index (χ0n) is 10.7. The van der Waals surface area contributed by atoms with E-state index in [-0.39, 0.29) is 0 Å². The van der Waals surface area contributed by atoms with Crippen LogP contribution in [0.25, 0.3) is 0 Å². The van der Waals surface area contributed by atoms with Crippen LogP contribution in [0.15, 0.2) is 0 Å². The predicted molar refractivity (Wildman–Crippen MR) is 62.1 cm³/mol. The minimum absolute atomic E-state index is 0.293. The van der Waals surface area contributed by atoms with Crippen molar-refractivity contribution in [3.8, 4) is 0 Å². The van der Waals surface area contributed by atoms with Gasteiger partial charge in [-0.3, -0.25) is 0 Å². The third-order valence-electron chi connectivity index (χ3n) is 3.01. The first-order valence-electron chi connectivity index (χ1n) is 5.92. The highest BCUT2D eigenvalue weighted by Crippen LogP contribution is 2.40. The second-order valence-electron chi connectivity index (χ2n) is 4.84. The second-order valence-corrected chi connectivity index (χ2v) is 5.40. The van der Waals surface area contributed by atoms with E-state index >= 15 is 0 Å². The average Bonchev–Trinajstić information content (AvgIpc) is 2.18. The van der Waals surface area contributed by atoms with Crippen molar-refractivity contribution in [1.82, 2.24) is 0 Å². The Balaban J connectivity index is 4.42. The van der Waals surface area contributed by atoms with Crippen molar-refractivity contribution in [2.75, 3.05) is 0 Å². The molecule has 0 heterocycles. The second kappa shape index (κ2) is 7.17. The molecule has 0 rings (SSSR count). The maximum absolute atomic E-state index is 13.2. The van der Waals surface area contributed by atoms with Crippen molar-refractivity contribution in [1.29, 1.82) is 0 Å². The largest absolute Gasteiger partial charge is 0.422 e. The molecule has 3 unspecified atom stereocenters. The SMILES string of the molecule is CC(F)(CCCC(CCC(F)S)C(F)(F)F)C(F)(F)F. The Labute approximate surface area is 117 Å². The zero-order chi connectivity index (χ0) is 16.2. The minimum atomic E-state index is -5.12. The number of halogens is 8. The number of thiol groups is 1. The van der Waals surface area contributed by atoms with Crippen molar-refractivity contribution in [3.63, 3.8) is 0 Å². The molecule has 20 heavy (non-hydrogen) atoms. The first-order valence-corrected chi connectivity index (χ1v) is 6.43. The van der Waals surface area contributed by atoms with Gasteiger partial charge in [0.05, 0.1) is 5.92 Å². The van der Waals surface area contributed by atoms with Crippen LogP contribution >= 0.6 is 12.6 Å². The van der Waals surface area contributed by atoms with E-state index in [9.17, 15) is 35.1 Å². The predicted octanol–water partition coefficient (Wildman–Crippen LogP) is 5.63. The normalized spacial score (nSPS) is 19.5. The highest BCUT2D eigenvalue weighted by atomic mass is 32.1. The molecule has 9 heteroatoms. The Morgan fingerprint density at radius 3 is 1.75 bits per heavy atom. The molecule has 0 amide bonds. The molecule has 0 bridgehead atoms. The van der Waals surface area contributed by atoms with E-state index in [0.29, 0.717) is 6.92 Å². The van der Waals surface area contributed by atoms with E-state index in [4.69, 9.17) is 0 Å². The van der Waals surface area contributed by atoms with Crippen LogP contribution in [-0.2, 0) is 0 Å². The van der Waals surface area contributed by atoms with Crippen molar-refractivity contribution in [3.05, 3.63) is 0 Å². The van der Waals surface area contributed by atoms with Gasteiger partial charge < -0.3 is 0 Å². The molecule has 0 nitrogen and oxygen atoms in total. The Morgan fingerprint density at radius 1 is 0.900 bits per heavy atom. The molecule has 0 spiro atoms. The molecule has 0 fully saturated rings. The molecule has 0 aromatic rings. The summed E-state index contributed by atoms with van der Waals surface area (Å²) in [5, 5.41) is 0. The van der Waals surface area contributed by atoms with Gasteiger partial charge in [0, 0.05) is 0 Å². The fourth-order valence-corrected chi connectivity index (χ4v) is 1.78. The summed E-state index contributed by atoms with van der Waals surface area (Å²) >= 11 is 3.30. The van der Waals surface area contributed by atoms with Crippen LogP contribution in [0.2, 0.25) is 0 Å². The van der Waals surface area contributed by atoms with Gasteiger partial charge in [0.2, 0.25) is 5.67 Å². The van der Waals surface area contributed by atoms with E-state index in [1.807, 2.05) is 0 Å². The number of alkyl halides is 8. The van der Waals surface area contributed by atoms with Gasteiger partial charge in [0.1, 0.15) is 5.50 Å². The molecule has 0 aliphatic heterocycles. The van der Waals surface area contributed by atoms with E-state index in [0.717, 1.165) is 0 Å². The molecule has 0 aliphatic carbocycles. The van der Waals surface area contributed by atoms with Crippen LogP contribution in [0.1, 0.15) is 39.0 Å². The summed E-state index contributed by atoms with van der Waals surface area (Å²) in [6.45, 7) is 0.293. The fourth-order valence-electron chi connectivity index (χ4n) is 1.63. The third kappa shape index (κ3) is 6.99. The van der Waals surface area contributed by atoms with E-state index in [1.165, 1.54) is 0 Å². The monoisotopic (exact) mass is 332 g/mol. The molecule has 0 aliphatic rings. The Hall–Kier alpha value is -0.210. The van der Waals surface area contributed by atoms with Gasteiger partial charge in [-0.15, -0.1) is 12.6 Å². The molecule has 0 saturated heterocycles. The minimum Gasteiger partial charge on any atom is -0.236 e. The van der Waals surface area contributed by atoms with Crippen molar-refractivity contribution < 1.29 is 35.1 Å². The summed E-state index contributed by atoms with van der Waals surface area (Å²) in [6, 6.07) is 0. The smallest absolute Gasteiger partial charge is 0.236 e. The van der Waals surface area contributed by atoms with Gasteiger partial charge in [-0.25, -0.2) is 8.78 Å². The Kier molecular flexibility index (Phi) is 7.10. The fraction of sp³-hybridized carbons (Fsp3) is 1.00. The Bertz CT molecular complexity index is 281. The van der Waals surface area contributed by atoms with Crippen molar-refractivity contribution in [2.45, 2.75) is 62.6 Å². The lowest BCUT2D eigenvalue weighted by molar-refractivity contribution is -0.227. The van der Waals surface area contributed by atoms with E-state index in [1.54, 1.807) is 0 Å². The van der Waals surface area contributed by atoms with E-state index in [2.05, 4.69) is 12.6 Å². The van der Waals surface area contributed by atoms with Gasteiger partial charge in [0.25, 0.3) is 0 Å². The van der Waals surface area contributed by atoms with Gasteiger partial charge in [-0.1, -0.05) is 0 Å². The van der Waals surface area contributed by atoms with Gasteiger partial charge >= 0.3 is 12.4 Å². The van der Waals surface area contributed by atoms with Crippen molar-refractivity contribution >= 4 is 12.6 Å². The van der Waals surface area contributed by atoms with E-state index < -0.39 is 61.5 Å². The first-order chi connectivity index (χ1) is 8.77. The quantitative estimate of drug-likeness (QED) is 0.453. The average molecular weight is 332 g/mol. The molecule has 0 saturated carbocycles.